The van der Waals surface area contributed by atoms with Gasteiger partial charge in [-0.25, -0.2) is 9.78 Å². The zero-order valence-electron chi connectivity index (χ0n) is 11.0. The Kier molecular flexibility index (Phi) is 3.87. The molecule has 6 heteroatoms. The van der Waals surface area contributed by atoms with E-state index < -0.39 is 5.97 Å². The first kappa shape index (κ1) is 13.3. The summed E-state index contributed by atoms with van der Waals surface area (Å²) in [6, 6.07) is 0.466. The lowest BCUT2D eigenvalue weighted by molar-refractivity contribution is 0.0690. The Morgan fingerprint density at radius 1 is 1.50 bits per heavy atom. The molecule has 5 nitrogen and oxygen atoms in total. The minimum absolute atomic E-state index is 0.190. The Morgan fingerprint density at radius 3 is 2.61 bits per heavy atom. The highest BCUT2D eigenvalue weighted by atomic mass is 32.1. The molecule has 100 valence electrons. The van der Waals surface area contributed by atoms with E-state index in [1.165, 1.54) is 11.3 Å². The van der Waals surface area contributed by atoms with E-state index in [-0.39, 0.29) is 5.69 Å². The fourth-order valence-corrected chi connectivity index (χ4v) is 3.20. The van der Waals surface area contributed by atoms with Gasteiger partial charge in [-0.15, -0.1) is 11.3 Å². The summed E-state index contributed by atoms with van der Waals surface area (Å²) in [4.78, 5) is 20.5. The number of thiazole rings is 1. The molecule has 1 aliphatic heterocycles. The molecular weight excluding hydrogens is 250 g/mol. The number of likely N-dealkylation sites (tertiary alicyclic amines) is 1. The second kappa shape index (κ2) is 5.24. The Labute approximate surface area is 111 Å². The Morgan fingerprint density at radius 2 is 2.11 bits per heavy atom. The van der Waals surface area contributed by atoms with Crippen LogP contribution >= 0.6 is 11.3 Å². The van der Waals surface area contributed by atoms with Gasteiger partial charge in [0.05, 0.1) is 0 Å². The molecule has 1 fully saturated rings. The van der Waals surface area contributed by atoms with Crippen LogP contribution < -0.4 is 4.90 Å². The van der Waals surface area contributed by atoms with Crippen molar-refractivity contribution in [2.24, 2.45) is 0 Å². The topological polar surface area (TPSA) is 56.7 Å². The van der Waals surface area contributed by atoms with Gasteiger partial charge in [-0.3, -0.25) is 0 Å². The van der Waals surface area contributed by atoms with Crippen molar-refractivity contribution in [3.05, 3.63) is 10.6 Å². The van der Waals surface area contributed by atoms with Crippen molar-refractivity contribution in [1.29, 1.82) is 0 Å². The number of anilines is 1. The quantitative estimate of drug-likeness (QED) is 0.904. The molecule has 0 spiro atoms. The maximum atomic E-state index is 11.0. The lowest BCUT2D eigenvalue weighted by Crippen LogP contribution is -2.41. The minimum atomic E-state index is -0.938. The summed E-state index contributed by atoms with van der Waals surface area (Å²) < 4.78 is 0. The molecule has 0 bridgehead atoms. The number of carboxylic acid groups (broad SMARTS) is 1. The van der Waals surface area contributed by atoms with Crippen LogP contribution in [0.2, 0.25) is 0 Å². The average Bonchev–Trinajstić information content (AvgIpc) is 2.71. The van der Waals surface area contributed by atoms with Gasteiger partial charge in [-0.2, -0.15) is 0 Å². The van der Waals surface area contributed by atoms with Crippen LogP contribution in [0.3, 0.4) is 0 Å². The van der Waals surface area contributed by atoms with Crippen molar-refractivity contribution in [1.82, 2.24) is 9.88 Å². The predicted molar refractivity (Wildman–Crippen MR) is 72.7 cm³/mol. The van der Waals surface area contributed by atoms with Crippen molar-refractivity contribution >= 4 is 22.4 Å². The summed E-state index contributed by atoms with van der Waals surface area (Å²) in [6.07, 6.45) is 2.21. The zero-order chi connectivity index (χ0) is 13.3. The van der Waals surface area contributed by atoms with Gasteiger partial charge in [-0.05, 0) is 39.9 Å². The van der Waals surface area contributed by atoms with Gasteiger partial charge in [0.15, 0.2) is 10.8 Å². The number of hydrogen-bond acceptors (Lipinski definition) is 5. The summed E-state index contributed by atoms with van der Waals surface area (Å²) in [5, 5.41) is 9.84. The van der Waals surface area contributed by atoms with E-state index in [0.717, 1.165) is 35.9 Å². The molecule has 0 unspecified atom stereocenters. The molecule has 1 aromatic heterocycles. The third kappa shape index (κ3) is 2.64. The van der Waals surface area contributed by atoms with E-state index in [9.17, 15) is 4.79 Å². The number of hydrogen-bond donors (Lipinski definition) is 1. The molecule has 1 aromatic rings. The van der Waals surface area contributed by atoms with Gasteiger partial charge < -0.3 is 14.9 Å². The standard InChI is InChI=1S/C12H19N3O2S/c1-8-10(11(16)17)13-12(18-8)15(3)9-4-6-14(2)7-5-9/h9H,4-7H2,1-3H3,(H,16,17). The van der Waals surface area contributed by atoms with E-state index in [1.807, 2.05) is 14.0 Å². The summed E-state index contributed by atoms with van der Waals surface area (Å²) in [5.41, 5.74) is 0.190. The first-order chi connectivity index (χ1) is 8.49. The molecule has 18 heavy (non-hydrogen) atoms. The van der Waals surface area contributed by atoms with Gasteiger partial charge in [0.25, 0.3) is 0 Å². The van der Waals surface area contributed by atoms with Crippen LogP contribution in [0.1, 0.15) is 28.2 Å². The molecule has 0 radical (unpaired) electrons. The second-order valence-electron chi connectivity index (χ2n) is 4.85. The van der Waals surface area contributed by atoms with Crippen LogP contribution in [-0.4, -0.2) is 54.2 Å². The first-order valence-corrected chi connectivity index (χ1v) is 6.92. The molecule has 2 rings (SSSR count). The largest absolute Gasteiger partial charge is 0.476 e. The van der Waals surface area contributed by atoms with Crippen LogP contribution in [-0.2, 0) is 0 Å². The molecule has 0 saturated carbocycles. The fourth-order valence-electron chi connectivity index (χ4n) is 2.27. The second-order valence-corrected chi connectivity index (χ2v) is 6.03. The van der Waals surface area contributed by atoms with E-state index in [1.54, 1.807) is 0 Å². The minimum Gasteiger partial charge on any atom is -0.476 e. The van der Waals surface area contributed by atoms with E-state index in [0.29, 0.717) is 6.04 Å². The summed E-state index contributed by atoms with van der Waals surface area (Å²) in [5.74, 6) is -0.938. The van der Waals surface area contributed by atoms with Crippen LogP contribution in [0.4, 0.5) is 5.13 Å². The van der Waals surface area contributed by atoms with Gasteiger partial charge in [0, 0.05) is 18.0 Å². The van der Waals surface area contributed by atoms with Gasteiger partial charge in [-0.1, -0.05) is 0 Å². The van der Waals surface area contributed by atoms with Crippen LogP contribution in [0.5, 0.6) is 0 Å². The SMILES string of the molecule is Cc1sc(N(C)C2CCN(C)CC2)nc1C(=O)O. The highest BCUT2D eigenvalue weighted by Crippen LogP contribution is 2.28. The highest BCUT2D eigenvalue weighted by Gasteiger charge is 2.24. The Bertz CT molecular complexity index is 439. The smallest absolute Gasteiger partial charge is 0.355 e. The molecule has 2 heterocycles. The van der Waals surface area contributed by atoms with Crippen molar-refractivity contribution in [3.63, 3.8) is 0 Å². The maximum absolute atomic E-state index is 11.0. The van der Waals surface area contributed by atoms with E-state index in [4.69, 9.17) is 5.11 Å². The highest BCUT2D eigenvalue weighted by molar-refractivity contribution is 7.15. The first-order valence-electron chi connectivity index (χ1n) is 6.11. The monoisotopic (exact) mass is 269 g/mol. The molecule has 0 atom stereocenters. The predicted octanol–water partition coefficient (Wildman–Crippen LogP) is 1.68. The van der Waals surface area contributed by atoms with Crippen molar-refractivity contribution in [2.75, 3.05) is 32.1 Å². The van der Waals surface area contributed by atoms with Gasteiger partial charge in [0.1, 0.15) is 0 Å². The molecular formula is C12H19N3O2S. The number of aryl methyl sites for hydroxylation is 1. The van der Waals surface area contributed by atoms with Crippen molar-refractivity contribution in [3.8, 4) is 0 Å². The fraction of sp³-hybridized carbons (Fsp3) is 0.667. The lowest BCUT2D eigenvalue weighted by Gasteiger charge is -2.34. The number of rotatable bonds is 3. The van der Waals surface area contributed by atoms with Crippen LogP contribution in [0.25, 0.3) is 0 Å². The molecule has 0 amide bonds. The summed E-state index contributed by atoms with van der Waals surface area (Å²) in [6.45, 7) is 3.99. The molecule has 1 saturated heterocycles. The van der Waals surface area contributed by atoms with E-state index in [2.05, 4.69) is 21.8 Å². The van der Waals surface area contributed by atoms with Gasteiger partial charge >= 0.3 is 5.97 Å². The summed E-state index contributed by atoms with van der Waals surface area (Å²) >= 11 is 1.47. The molecule has 0 aromatic carbocycles. The number of aromatic nitrogens is 1. The number of nitrogens with zero attached hydrogens (tertiary/aromatic N) is 3. The molecule has 1 aliphatic rings. The van der Waals surface area contributed by atoms with Crippen LogP contribution in [0.15, 0.2) is 0 Å². The normalized spacial score (nSPS) is 17.9. The number of aromatic carboxylic acids is 1. The summed E-state index contributed by atoms with van der Waals surface area (Å²) in [7, 11) is 4.15. The van der Waals surface area contributed by atoms with Crippen molar-refractivity contribution < 1.29 is 9.90 Å². The molecule has 1 N–H and O–H groups in total. The molecule has 0 aliphatic carbocycles. The van der Waals surface area contributed by atoms with Crippen molar-refractivity contribution in [2.45, 2.75) is 25.8 Å². The Balaban J connectivity index is 2.11. The average molecular weight is 269 g/mol. The Hall–Kier alpha value is -1.14. The zero-order valence-corrected chi connectivity index (χ0v) is 11.8. The number of piperidine rings is 1. The van der Waals surface area contributed by atoms with Crippen LogP contribution in [0, 0.1) is 6.92 Å². The third-order valence-electron chi connectivity index (χ3n) is 3.53. The van der Waals surface area contributed by atoms with Gasteiger partial charge in [0.2, 0.25) is 0 Å². The third-order valence-corrected chi connectivity index (χ3v) is 4.59. The number of carboxylic acids is 1. The lowest BCUT2D eigenvalue weighted by atomic mass is 10.0. The number of carbonyl (C=O) groups is 1. The van der Waals surface area contributed by atoms with E-state index >= 15 is 0 Å². The maximum Gasteiger partial charge on any atom is 0.355 e.